The molecule has 1 saturated heterocycles. The van der Waals surface area contributed by atoms with Gasteiger partial charge in [0.1, 0.15) is 11.6 Å². The van der Waals surface area contributed by atoms with Crippen LogP contribution in [0.1, 0.15) is 12.8 Å². The lowest BCUT2D eigenvalue weighted by molar-refractivity contribution is -0.120. The van der Waals surface area contributed by atoms with Gasteiger partial charge in [0.2, 0.25) is 5.91 Å². The fraction of sp³-hybridized carbons (Fsp3) is 0.500. The van der Waals surface area contributed by atoms with Gasteiger partial charge in [0.25, 0.3) is 0 Å². The van der Waals surface area contributed by atoms with Gasteiger partial charge in [-0.1, -0.05) is 0 Å². The molecule has 1 aliphatic rings. The number of carbonyl (C=O) groups is 1. The summed E-state index contributed by atoms with van der Waals surface area (Å²) in [7, 11) is 1.55. The Bertz CT molecular complexity index is 476. The molecule has 1 atom stereocenters. The molecule has 1 fully saturated rings. The number of carbonyl (C=O) groups excluding carboxylic acids is 1. The number of likely N-dealkylation sites (N-methyl/N-ethyl adjacent to an activating group) is 1. The van der Waals surface area contributed by atoms with Crippen molar-refractivity contribution in [2.75, 3.05) is 31.6 Å². The predicted octanol–water partition coefficient (Wildman–Crippen LogP) is 1.70. The van der Waals surface area contributed by atoms with E-state index in [0.717, 1.165) is 37.6 Å². The van der Waals surface area contributed by atoms with Gasteiger partial charge in [0.15, 0.2) is 0 Å². The van der Waals surface area contributed by atoms with Crippen molar-refractivity contribution in [3.63, 3.8) is 0 Å². The Balaban J connectivity index is 1.85. The molecule has 1 amide bonds. The molecule has 1 aromatic rings. The molecular weight excluding hydrogens is 266 g/mol. The fourth-order valence-corrected chi connectivity index (χ4v) is 2.17. The van der Waals surface area contributed by atoms with Gasteiger partial charge in [0, 0.05) is 26.3 Å². The van der Waals surface area contributed by atoms with Crippen LogP contribution in [0.5, 0.6) is 0 Å². The first kappa shape index (κ1) is 14.7. The summed E-state index contributed by atoms with van der Waals surface area (Å²) in [6.07, 6.45) is 2.01. The van der Waals surface area contributed by atoms with Crippen molar-refractivity contribution in [1.82, 2.24) is 5.32 Å². The Morgan fingerprint density at radius 3 is 3.00 bits per heavy atom. The number of nitrogens with one attached hydrogen (secondary N) is 1. The van der Waals surface area contributed by atoms with E-state index in [4.69, 9.17) is 4.74 Å². The van der Waals surface area contributed by atoms with E-state index in [-0.39, 0.29) is 24.2 Å². The molecule has 0 aromatic heterocycles. The highest BCUT2D eigenvalue weighted by Gasteiger charge is 2.17. The smallest absolute Gasteiger partial charge is 0.239 e. The minimum Gasteiger partial charge on any atom is -0.376 e. The third-order valence-electron chi connectivity index (χ3n) is 3.25. The Labute approximate surface area is 116 Å². The zero-order valence-corrected chi connectivity index (χ0v) is 11.4. The number of halogens is 2. The van der Waals surface area contributed by atoms with Gasteiger partial charge in [0.05, 0.1) is 18.3 Å². The van der Waals surface area contributed by atoms with Crippen LogP contribution in [0.3, 0.4) is 0 Å². The molecule has 1 aromatic carbocycles. The first-order valence-electron chi connectivity index (χ1n) is 6.61. The van der Waals surface area contributed by atoms with Crippen molar-refractivity contribution in [2.45, 2.75) is 18.9 Å². The van der Waals surface area contributed by atoms with E-state index in [1.165, 1.54) is 4.90 Å². The fourth-order valence-electron chi connectivity index (χ4n) is 2.17. The van der Waals surface area contributed by atoms with Crippen LogP contribution in [-0.2, 0) is 9.53 Å². The molecule has 20 heavy (non-hydrogen) atoms. The molecule has 1 aliphatic heterocycles. The minimum absolute atomic E-state index is 0.0346. The Morgan fingerprint density at radius 1 is 1.50 bits per heavy atom. The first-order valence-corrected chi connectivity index (χ1v) is 6.61. The van der Waals surface area contributed by atoms with Crippen molar-refractivity contribution in [3.8, 4) is 0 Å². The second-order valence-electron chi connectivity index (χ2n) is 4.89. The van der Waals surface area contributed by atoms with Crippen LogP contribution in [-0.4, -0.2) is 38.8 Å². The van der Waals surface area contributed by atoms with Crippen molar-refractivity contribution < 1.29 is 18.3 Å². The summed E-state index contributed by atoms with van der Waals surface area (Å²) < 4.78 is 32.0. The van der Waals surface area contributed by atoms with E-state index >= 15 is 0 Å². The number of hydrogen-bond donors (Lipinski definition) is 1. The van der Waals surface area contributed by atoms with Gasteiger partial charge in [-0.05, 0) is 25.0 Å². The van der Waals surface area contributed by atoms with E-state index in [2.05, 4.69) is 5.32 Å². The molecule has 0 aliphatic carbocycles. The summed E-state index contributed by atoms with van der Waals surface area (Å²) in [6.45, 7) is 1.15. The van der Waals surface area contributed by atoms with Crippen LogP contribution < -0.4 is 10.2 Å². The van der Waals surface area contributed by atoms with Crippen molar-refractivity contribution in [3.05, 3.63) is 29.8 Å². The predicted molar refractivity (Wildman–Crippen MR) is 71.6 cm³/mol. The maximum Gasteiger partial charge on any atom is 0.239 e. The molecule has 6 heteroatoms. The monoisotopic (exact) mass is 284 g/mol. The number of rotatable bonds is 5. The third kappa shape index (κ3) is 3.90. The van der Waals surface area contributed by atoms with E-state index in [0.29, 0.717) is 6.54 Å². The van der Waals surface area contributed by atoms with Crippen LogP contribution in [0.2, 0.25) is 0 Å². The second kappa shape index (κ2) is 6.65. The van der Waals surface area contributed by atoms with Gasteiger partial charge < -0.3 is 15.0 Å². The van der Waals surface area contributed by atoms with Crippen LogP contribution >= 0.6 is 0 Å². The normalized spacial score (nSPS) is 18.1. The van der Waals surface area contributed by atoms with Gasteiger partial charge >= 0.3 is 0 Å². The highest BCUT2D eigenvalue weighted by molar-refractivity contribution is 5.81. The zero-order chi connectivity index (χ0) is 14.5. The van der Waals surface area contributed by atoms with Crippen LogP contribution in [0, 0.1) is 11.6 Å². The van der Waals surface area contributed by atoms with Crippen LogP contribution in [0.4, 0.5) is 14.5 Å². The van der Waals surface area contributed by atoms with E-state index in [1.54, 1.807) is 7.05 Å². The average Bonchev–Trinajstić information content (AvgIpc) is 2.92. The van der Waals surface area contributed by atoms with Crippen molar-refractivity contribution >= 4 is 11.6 Å². The summed E-state index contributed by atoms with van der Waals surface area (Å²) in [5.74, 6) is -1.33. The highest BCUT2D eigenvalue weighted by Crippen LogP contribution is 2.18. The number of benzene rings is 1. The molecule has 1 N–H and O–H groups in total. The molecule has 0 radical (unpaired) electrons. The Morgan fingerprint density at radius 2 is 2.30 bits per heavy atom. The lowest BCUT2D eigenvalue weighted by Crippen LogP contribution is -2.39. The van der Waals surface area contributed by atoms with E-state index < -0.39 is 11.6 Å². The van der Waals surface area contributed by atoms with E-state index in [9.17, 15) is 13.6 Å². The zero-order valence-electron chi connectivity index (χ0n) is 11.4. The molecule has 110 valence electrons. The summed E-state index contributed by atoms with van der Waals surface area (Å²) in [5.41, 5.74) is 0.0669. The quantitative estimate of drug-likeness (QED) is 0.894. The largest absolute Gasteiger partial charge is 0.376 e. The summed E-state index contributed by atoms with van der Waals surface area (Å²) in [5, 5.41) is 2.74. The topological polar surface area (TPSA) is 41.6 Å². The molecule has 0 unspecified atom stereocenters. The standard InChI is InChI=1S/C14H18F2N2O2/c1-18(13-7-10(15)4-5-12(13)16)9-14(19)17-8-11-3-2-6-20-11/h4-5,7,11H,2-3,6,8-9H2,1H3,(H,17,19)/t11-/m0/s1. The van der Waals surface area contributed by atoms with Gasteiger partial charge in [-0.3, -0.25) is 4.79 Å². The molecule has 2 rings (SSSR count). The molecule has 0 spiro atoms. The molecule has 1 heterocycles. The molecule has 0 saturated carbocycles. The maximum absolute atomic E-state index is 13.5. The lowest BCUT2D eigenvalue weighted by atomic mass is 10.2. The second-order valence-corrected chi connectivity index (χ2v) is 4.89. The maximum atomic E-state index is 13.5. The molecule has 4 nitrogen and oxygen atoms in total. The van der Waals surface area contributed by atoms with Crippen molar-refractivity contribution in [2.24, 2.45) is 0 Å². The average molecular weight is 284 g/mol. The lowest BCUT2D eigenvalue weighted by Gasteiger charge is -2.20. The Kier molecular flexibility index (Phi) is 4.89. The molecule has 0 bridgehead atoms. The number of amides is 1. The first-order chi connectivity index (χ1) is 9.56. The number of ether oxygens (including phenoxy) is 1. The Hall–Kier alpha value is -1.69. The van der Waals surface area contributed by atoms with E-state index in [1.807, 2.05) is 0 Å². The number of anilines is 1. The summed E-state index contributed by atoms with van der Waals surface area (Å²) in [4.78, 5) is 13.1. The highest BCUT2D eigenvalue weighted by atomic mass is 19.1. The van der Waals surface area contributed by atoms with Gasteiger partial charge in [-0.2, -0.15) is 0 Å². The number of hydrogen-bond acceptors (Lipinski definition) is 3. The van der Waals surface area contributed by atoms with Crippen molar-refractivity contribution in [1.29, 1.82) is 0 Å². The van der Waals surface area contributed by atoms with Crippen LogP contribution in [0.25, 0.3) is 0 Å². The minimum atomic E-state index is -0.555. The SMILES string of the molecule is CN(CC(=O)NC[C@@H]1CCCO1)c1cc(F)ccc1F. The summed E-state index contributed by atoms with van der Waals surface area (Å²) >= 11 is 0. The summed E-state index contributed by atoms with van der Waals surface area (Å²) in [6, 6.07) is 3.16. The third-order valence-corrected chi connectivity index (χ3v) is 3.25. The number of nitrogens with zero attached hydrogens (tertiary/aromatic N) is 1. The molecular formula is C14H18F2N2O2. The van der Waals surface area contributed by atoms with Gasteiger partial charge in [-0.15, -0.1) is 0 Å². The van der Waals surface area contributed by atoms with Gasteiger partial charge in [-0.25, -0.2) is 8.78 Å². The van der Waals surface area contributed by atoms with Crippen LogP contribution in [0.15, 0.2) is 18.2 Å².